The second-order valence-electron chi connectivity index (χ2n) is 5.52. The van der Waals surface area contributed by atoms with Crippen LogP contribution in [-0.2, 0) is 19.1 Å². The fraction of sp³-hybridized carbons (Fsp3) is 0.471. The summed E-state index contributed by atoms with van der Waals surface area (Å²) in [5, 5.41) is 5.49. The predicted molar refractivity (Wildman–Crippen MR) is 87.5 cm³/mol. The number of hydrogen-bond acceptors (Lipinski definition) is 5. The predicted octanol–water partition coefficient (Wildman–Crippen LogP) is 1.20. The third kappa shape index (κ3) is 4.79. The van der Waals surface area contributed by atoms with Gasteiger partial charge in [-0.25, -0.2) is 4.79 Å². The minimum Gasteiger partial charge on any atom is -0.462 e. The molecule has 1 aromatic rings. The summed E-state index contributed by atoms with van der Waals surface area (Å²) in [5.41, 5.74) is 1.01. The molecule has 0 aromatic heterocycles. The molecule has 7 heteroatoms. The lowest BCUT2D eigenvalue weighted by Gasteiger charge is -2.07. The number of rotatable bonds is 8. The van der Waals surface area contributed by atoms with E-state index >= 15 is 0 Å². The molecule has 0 bridgehead atoms. The maximum Gasteiger partial charge on any atom is 0.338 e. The van der Waals surface area contributed by atoms with Gasteiger partial charge in [0, 0.05) is 19.3 Å². The molecule has 0 heterocycles. The number of ether oxygens (including phenoxy) is 2. The number of methoxy groups -OCH3 is 1. The van der Waals surface area contributed by atoms with Crippen molar-refractivity contribution in [2.45, 2.75) is 13.3 Å². The van der Waals surface area contributed by atoms with Crippen LogP contribution >= 0.6 is 0 Å². The molecule has 130 valence electrons. The average Bonchev–Trinajstić information content (AvgIpc) is 3.37. The van der Waals surface area contributed by atoms with E-state index in [0.717, 1.165) is 0 Å². The molecule has 7 nitrogen and oxygen atoms in total. The molecule has 1 aromatic carbocycles. The first-order valence-corrected chi connectivity index (χ1v) is 7.91. The summed E-state index contributed by atoms with van der Waals surface area (Å²) in [5.74, 6) is -1.29. The summed E-state index contributed by atoms with van der Waals surface area (Å²) >= 11 is 0. The number of benzene rings is 1. The van der Waals surface area contributed by atoms with Gasteiger partial charge < -0.3 is 20.1 Å². The fourth-order valence-corrected chi connectivity index (χ4v) is 2.32. The first-order valence-electron chi connectivity index (χ1n) is 7.91. The summed E-state index contributed by atoms with van der Waals surface area (Å²) < 4.78 is 9.76. The zero-order chi connectivity index (χ0) is 17.5. The molecule has 2 amide bonds. The van der Waals surface area contributed by atoms with E-state index in [-0.39, 0.29) is 23.7 Å². The van der Waals surface area contributed by atoms with E-state index in [1.807, 2.05) is 0 Å². The molecule has 1 fully saturated rings. The average molecular weight is 334 g/mol. The lowest BCUT2D eigenvalue weighted by molar-refractivity contribution is -0.125. The van der Waals surface area contributed by atoms with Crippen molar-refractivity contribution in [2.24, 2.45) is 11.8 Å². The normalized spacial score (nSPS) is 18.6. The van der Waals surface area contributed by atoms with Gasteiger partial charge in [-0.05, 0) is 37.6 Å². The van der Waals surface area contributed by atoms with Crippen molar-refractivity contribution in [3.8, 4) is 0 Å². The summed E-state index contributed by atoms with van der Waals surface area (Å²) in [6.07, 6.45) is 0.547. The van der Waals surface area contributed by atoms with Crippen molar-refractivity contribution >= 4 is 23.5 Å². The van der Waals surface area contributed by atoms with Gasteiger partial charge in [0.2, 0.25) is 11.8 Å². The maximum atomic E-state index is 12.1. The molecule has 2 N–H and O–H groups in total. The van der Waals surface area contributed by atoms with Crippen LogP contribution in [0.15, 0.2) is 24.3 Å². The fourth-order valence-electron chi connectivity index (χ4n) is 2.32. The monoisotopic (exact) mass is 334 g/mol. The molecule has 1 aliphatic carbocycles. The van der Waals surface area contributed by atoms with Crippen LogP contribution in [0.2, 0.25) is 0 Å². The quantitative estimate of drug-likeness (QED) is 0.550. The number of carbonyl (C=O) groups excluding carboxylic acids is 3. The Morgan fingerprint density at radius 1 is 1.12 bits per heavy atom. The Labute approximate surface area is 140 Å². The first-order chi connectivity index (χ1) is 11.6. The number of hydrogen-bond donors (Lipinski definition) is 2. The highest BCUT2D eigenvalue weighted by molar-refractivity contribution is 5.99. The minimum atomic E-state index is -0.398. The van der Waals surface area contributed by atoms with Gasteiger partial charge in [0.1, 0.15) is 0 Å². The van der Waals surface area contributed by atoms with E-state index in [2.05, 4.69) is 10.6 Å². The summed E-state index contributed by atoms with van der Waals surface area (Å²) in [6, 6.07) is 6.46. The molecule has 0 aliphatic heterocycles. The maximum absolute atomic E-state index is 12.1. The van der Waals surface area contributed by atoms with E-state index in [4.69, 9.17) is 9.47 Å². The van der Waals surface area contributed by atoms with Gasteiger partial charge >= 0.3 is 5.97 Å². The van der Waals surface area contributed by atoms with Gasteiger partial charge in [-0.2, -0.15) is 0 Å². The molecule has 0 radical (unpaired) electrons. The van der Waals surface area contributed by atoms with Gasteiger partial charge in [0.15, 0.2) is 0 Å². The van der Waals surface area contributed by atoms with Crippen LogP contribution in [0, 0.1) is 11.8 Å². The number of esters is 1. The zero-order valence-electron chi connectivity index (χ0n) is 13.8. The zero-order valence-corrected chi connectivity index (χ0v) is 13.8. The molecule has 2 atom stereocenters. The van der Waals surface area contributed by atoms with Crippen LogP contribution in [0.3, 0.4) is 0 Å². The van der Waals surface area contributed by atoms with Crippen LogP contribution < -0.4 is 10.6 Å². The molecule has 0 spiro atoms. The molecule has 1 saturated carbocycles. The Balaban J connectivity index is 1.81. The molecule has 0 saturated heterocycles. The third-order valence-corrected chi connectivity index (χ3v) is 3.73. The molecule has 1 aliphatic rings. The van der Waals surface area contributed by atoms with E-state index < -0.39 is 5.97 Å². The lowest BCUT2D eigenvalue weighted by atomic mass is 10.2. The molecule has 2 rings (SSSR count). The second-order valence-corrected chi connectivity index (χ2v) is 5.52. The SMILES string of the molecule is CCOC(=O)c1ccc(NC(=O)C2CC2C(=O)NCCOC)cc1. The number of carbonyl (C=O) groups is 3. The molecule has 24 heavy (non-hydrogen) atoms. The van der Waals surface area contributed by atoms with E-state index in [9.17, 15) is 14.4 Å². The number of amides is 2. The van der Waals surface area contributed by atoms with Gasteiger partial charge in [-0.1, -0.05) is 0 Å². The minimum absolute atomic E-state index is 0.121. The van der Waals surface area contributed by atoms with Crippen LogP contribution in [0.25, 0.3) is 0 Å². The largest absolute Gasteiger partial charge is 0.462 e. The van der Waals surface area contributed by atoms with Crippen molar-refractivity contribution in [1.82, 2.24) is 5.32 Å². The number of nitrogens with one attached hydrogen (secondary N) is 2. The smallest absolute Gasteiger partial charge is 0.338 e. The second kappa shape index (κ2) is 8.44. The Bertz CT molecular complexity index is 600. The highest BCUT2D eigenvalue weighted by atomic mass is 16.5. The summed E-state index contributed by atoms with van der Waals surface area (Å²) in [7, 11) is 1.56. The van der Waals surface area contributed by atoms with Crippen molar-refractivity contribution < 1.29 is 23.9 Å². The molecular weight excluding hydrogens is 312 g/mol. The standard InChI is InChI=1S/C17H22N2O5/c1-3-24-17(22)11-4-6-12(7-5-11)19-16(21)14-10-13(14)15(20)18-8-9-23-2/h4-7,13-14H,3,8-10H2,1-2H3,(H,18,20)(H,19,21). The van der Waals surface area contributed by atoms with Crippen molar-refractivity contribution in [1.29, 1.82) is 0 Å². The van der Waals surface area contributed by atoms with Crippen LogP contribution in [0.4, 0.5) is 5.69 Å². The van der Waals surface area contributed by atoms with Crippen molar-refractivity contribution in [3.05, 3.63) is 29.8 Å². The Morgan fingerprint density at radius 3 is 2.42 bits per heavy atom. The Hall–Kier alpha value is -2.41. The van der Waals surface area contributed by atoms with E-state index in [1.54, 1.807) is 38.3 Å². The van der Waals surface area contributed by atoms with Crippen LogP contribution in [0.5, 0.6) is 0 Å². The highest BCUT2D eigenvalue weighted by Gasteiger charge is 2.47. The third-order valence-electron chi connectivity index (χ3n) is 3.73. The van der Waals surface area contributed by atoms with Crippen molar-refractivity contribution in [3.63, 3.8) is 0 Å². The van der Waals surface area contributed by atoms with Gasteiger partial charge in [0.05, 0.1) is 30.6 Å². The van der Waals surface area contributed by atoms with E-state index in [1.165, 1.54) is 0 Å². The Kier molecular flexibility index (Phi) is 6.31. The lowest BCUT2D eigenvalue weighted by Crippen LogP contribution is -2.30. The molecular formula is C17H22N2O5. The van der Waals surface area contributed by atoms with Crippen molar-refractivity contribution in [2.75, 3.05) is 32.2 Å². The van der Waals surface area contributed by atoms with Gasteiger partial charge in [0.25, 0.3) is 0 Å². The highest BCUT2D eigenvalue weighted by Crippen LogP contribution is 2.39. The Morgan fingerprint density at radius 2 is 1.79 bits per heavy atom. The van der Waals surface area contributed by atoms with Gasteiger partial charge in [-0.3, -0.25) is 9.59 Å². The summed E-state index contributed by atoms with van der Waals surface area (Å²) in [4.78, 5) is 35.5. The summed E-state index contributed by atoms with van der Waals surface area (Å²) in [6.45, 7) is 2.94. The topological polar surface area (TPSA) is 93.7 Å². The van der Waals surface area contributed by atoms with Gasteiger partial charge in [-0.15, -0.1) is 0 Å². The first kappa shape index (κ1) is 17.9. The van der Waals surface area contributed by atoms with Crippen LogP contribution in [-0.4, -0.2) is 44.7 Å². The molecule has 2 unspecified atom stereocenters. The van der Waals surface area contributed by atoms with E-state index in [0.29, 0.717) is 37.4 Å². The van der Waals surface area contributed by atoms with Crippen LogP contribution in [0.1, 0.15) is 23.7 Å². The number of anilines is 1.